The zero-order chi connectivity index (χ0) is 11.4. The van der Waals surface area contributed by atoms with Crippen LogP contribution in [0.3, 0.4) is 0 Å². The molecule has 82 valence electrons. The maximum Gasteiger partial charge on any atom is 0.150 e. The Bertz CT molecular complexity index is 456. The van der Waals surface area contributed by atoms with Crippen molar-refractivity contribution < 1.29 is 9.53 Å². The highest BCUT2D eigenvalue weighted by molar-refractivity contribution is 5.75. The summed E-state index contributed by atoms with van der Waals surface area (Å²) in [5, 5.41) is 0. The van der Waals surface area contributed by atoms with Crippen LogP contribution >= 0.6 is 0 Å². The number of rotatable bonds is 3. The Morgan fingerprint density at radius 3 is 2.94 bits per heavy atom. The van der Waals surface area contributed by atoms with Crippen LogP contribution in [0, 0.1) is 6.92 Å². The van der Waals surface area contributed by atoms with Crippen molar-refractivity contribution in [1.29, 1.82) is 0 Å². The van der Waals surface area contributed by atoms with E-state index in [1.54, 1.807) is 12.1 Å². The molecule has 1 aliphatic carbocycles. The molecule has 0 heterocycles. The molecule has 1 aromatic carbocycles. The number of carbonyl (C=O) groups excluding carboxylic acids is 1. The highest BCUT2D eigenvalue weighted by Gasteiger charge is 2.06. The molecule has 2 rings (SSSR count). The second kappa shape index (κ2) is 4.79. The standard InChI is InChI=1S/C14H14O2/c1-11-7-8-12(10-15)9-14(11)16-13-5-3-2-4-6-13/h2-3,5,7-10H,4,6H2,1H3. The molecule has 0 N–H and O–H groups in total. The lowest BCUT2D eigenvalue weighted by atomic mass is 10.1. The van der Waals surface area contributed by atoms with E-state index < -0.39 is 0 Å². The largest absolute Gasteiger partial charge is 0.461 e. The van der Waals surface area contributed by atoms with Crippen LogP contribution in [-0.4, -0.2) is 6.29 Å². The molecule has 0 fully saturated rings. The first kappa shape index (κ1) is 10.7. The summed E-state index contributed by atoms with van der Waals surface area (Å²) in [7, 11) is 0. The van der Waals surface area contributed by atoms with Crippen LogP contribution in [0.1, 0.15) is 28.8 Å². The van der Waals surface area contributed by atoms with Gasteiger partial charge in [-0.3, -0.25) is 4.79 Å². The molecule has 0 bridgehead atoms. The van der Waals surface area contributed by atoms with Crippen LogP contribution in [0.15, 0.2) is 42.2 Å². The minimum atomic E-state index is 0.646. The van der Waals surface area contributed by atoms with Crippen LogP contribution < -0.4 is 4.74 Å². The summed E-state index contributed by atoms with van der Waals surface area (Å²) in [6.45, 7) is 1.98. The highest BCUT2D eigenvalue weighted by atomic mass is 16.5. The fraction of sp³-hybridized carbons (Fsp3) is 0.214. The van der Waals surface area contributed by atoms with E-state index in [1.807, 2.05) is 25.1 Å². The average molecular weight is 214 g/mol. The van der Waals surface area contributed by atoms with Crippen LogP contribution in [0.5, 0.6) is 5.75 Å². The maximum absolute atomic E-state index is 10.7. The quantitative estimate of drug-likeness (QED) is 0.720. The number of hydrogen-bond acceptors (Lipinski definition) is 2. The monoisotopic (exact) mass is 214 g/mol. The molecule has 0 spiro atoms. The number of carbonyl (C=O) groups is 1. The Morgan fingerprint density at radius 2 is 2.25 bits per heavy atom. The average Bonchev–Trinajstić information content (AvgIpc) is 2.33. The maximum atomic E-state index is 10.7. The Morgan fingerprint density at radius 1 is 1.38 bits per heavy atom. The van der Waals surface area contributed by atoms with E-state index in [-0.39, 0.29) is 0 Å². The van der Waals surface area contributed by atoms with Gasteiger partial charge in [-0.2, -0.15) is 0 Å². The summed E-state index contributed by atoms with van der Waals surface area (Å²) >= 11 is 0. The molecule has 0 atom stereocenters. The fourth-order valence-electron chi connectivity index (χ4n) is 1.61. The van der Waals surface area contributed by atoms with Crippen molar-refractivity contribution in [3.05, 3.63) is 53.3 Å². The lowest BCUT2D eigenvalue weighted by molar-refractivity contribution is 0.112. The van der Waals surface area contributed by atoms with Crippen LogP contribution in [0.4, 0.5) is 0 Å². The van der Waals surface area contributed by atoms with E-state index in [2.05, 4.69) is 6.08 Å². The van der Waals surface area contributed by atoms with Gasteiger partial charge in [-0.15, -0.1) is 0 Å². The summed E-state index contributed by atoms with van der Waals surface area (Å²) in [6.07, 6.45) is 8.84. The molecule has 2 nitrogen and oxygen atoms in total. The third kappa shape index (κ3) is 2.40. The van der Waals surface area contributed by atoms with Gasteiger partial charge >= 0.3 is 0 Å². The number of aldehydes is 1. The topological polar surface area (TPSA) is 26.3 Å². The Hall–Kier alpha value is -1.83. The van der Waals surface area contributed by atoms with Gasteiger partial charge in [0.1, 0.15) is 17.8 Å². The van der Waals surface area contributed by atoms with Gasteiger partial charge in [0, 0.05) is 12.0 Å². The fourth-order valence-corrected chi connectivity index (χ4v) is 1.61. The van der Waals surface area contributed by atoms with E-state index >= 15 is 0 Å². The molecule has 0 amide bonds. The van der Waals surface area contributed by atoms with E-state index in [0.717, 1.165) is 36.2 Å². The minimum absolute atomic E-state index is 0.646. The van der Waals surface area contributed by atoms with Crippen molar-refractivity contribution in [2.45, 2.75) is 19.8 Å². The van der Waals surface area contributed by atoms with Crippen molar-refractivity contribution >= 4 is 6.29 Å². The SMILES string of the molecule is Cc1ccc(C=O)cc1OC1=CC=CCC1. The van der Waals surface area contributed by atoms with E-state index in [4.69, 9.17) is 4.74 Å². The summed E-state index contributed by atoms with van der Waals surface area (Å²) in [6, 6.07) is 5.48. The number of ether oxygens (including phenoxy) is 1. The van der Waals surface area contributed by atoms with Crippen molar-refractivity contribution in [1.82, 2.24) is 0 Å². The summed E-state index contributed by atoms with van der Waals surface area (Å²) in [4.78, 5) is 10.7. The first-order chi connectivity index (χ1) is 7.79. The molecule has 0 unspecified atom stereocenters. The predicted molar refractivity (Wildman–Crippen MR) is 63.7 cm³/mol. The van der Waals surface area contributed by atoms with Crippen LogP contribution in [0.25, 0.3) is 0 Å². The van der Waals surface area contributed by atoms with E-state index in [9.17, 15) is 4.79 Å². The molecule has 1 aliphatic rings. The molecular formula is C14H14O2. The highest BCUT2D eigenvalue weighted by Crippen LogP contribution is 2.23. The van der Waals surface area contributed by atoms with E-state index in [1.165, 1.54) is 0 Å². The van der Waals surface area contributed by atoms with Gasteiger partial charge in [0.2, 0.25) is 0 Å². The number of aryl methyl sites for hydroxylation is 1. The Labute approximate surface area is 95.2 Å². The number of hydrogen-bond donors (Lipinski definition) is 0. The zero-order valence-electron chi connectivity index (χ0n) is 9.27. The van der Waals surface area contributed by atoms with Gasteiger partial charge in [0.05, 0.1) is 0 Å². The lowest BCUT2D eigenvalue weighted by Gasteiger charge is -2.13. The molecular weight excluding hydrogens is 200 g/mol. The Balaban J connectivity index is 2.22. The molecule has 0 aliphatic heterocycles. The number of allylic oxidation sites excluding steroid dienone is 4. The van der Waals surface area contributed by atoms with Gasteiger partial charge < -0.3 is 4.74 Å². The third-order valence-corrected chi connectivity index (χ3v) is 2.56. The second-order valence-electron chi connectivity index (χ2n) is 3.84. The third-order valence-electron chi connectivity index (χ3n) is 2.56. The summed E-state index contributed by atoms with van der Waals surface area (Å²) in [5.41, 5.74) is 1.69. The van der Waals surface area contributed by atoms with Crippen molar-refractivity contribution in [3.8, 4) is 5.75 Å². The smallest absolute Gasteiger partial charge is 0.150 e. The summed E-state index contributed by atoms with van der Waals surface area (Å²) < 4.78 is 5.78. The zero-order valence-corrected chi connectivity index (χ0v) is 9.27. The van der Waals surface area contributed by atoms with Gasteiger partial charge in [0.15, 0.2) is 0 Å². The molecule has 0 radical (unpaired) electrons. The van der Waals surface area contributed by atoms with E-state index in [0.29, 0.717) is 5.56 Å². The minimum Gasteiger partial charge on any atom is -0.461 e. The van der Waals surface area contributed by atoms with Crippen LogP contribution in [-0.2, 0) is 0 Å². The normalized spacial score (nSPS) is 14.4. The summed E-state index contributed by atoms with van der Waals surface area (Å²) in [5.74, 6) is 1.72. The first-order valence-corrected chi connectivity index (χ1v) is 5.39. The van der Waals surface area contributed by atoms with Gasteiger partial charge in [-0.1, -0.05) is 24.3 Å². The lowest BCUT2D eigenvalue weighted by Crippen LogP contribution is -1.99. The molecule has 1 aromatic rings. The predicted octanol–water partition coefficient (Wildman–Crippen LogP) is 3.42. The van der Waals surface area contributed by atoms with Crippen molar-refractivity contribution in [2.75, 3.05) is 0 Å². The number of benzene rings is 1. The van der Waals surface area contributed by atoms with Crippen molar-refractivity contribution in [3.63, 3.8) is 0 Å². The molecule has 0 saturated heterocycles. The molecule has 0 aromatic heterocycles. The van der Waals surface area contributed by atoms with Gasteiger partial charge in [-0.05, 0) is 31.1 Å². The molecule has 0 saturated carbocycles. The Kier molecular flexibility index (Phi) is 3.20. The van der Waals surface area contributed by atoms with Crippen molar-refractivity contribution in [2.24, 2.45) is 0 Å². The second-order valence-corrected chi connectivity index (χ2v) is 3.84. The van der Waals surface area contributed by atoms with Crippen LogP contribution in [0.2, 0.25) is 0 Å². The first-order valence-electron chi connectivity index (χ1n) is 5.39. The van der Waals surface area contributed by atoms with Gasteiger partial charge in [-0.25, -0.2) is 0 Å². The van der Waals surface area contributed by atoms with Gasteiger partial charge in [0.25, 0.3) is 0 Å². The molecule has 16 heavy (non-hydrogen) atoms. The molecule has 2 heteroatoms.